The molecule has 1 amide bonds. The molecule has 0 radical (unpaired) electrons. The van der Waals surface area contributed by atoms with Gasteiger partial charge >= 0.3 is 12.4 Å². The van der Waals surface area contributed by atoms with E-state index in [0.717, 1.165) is 6.07 Å². The maximum Gasteiger partial charge on any atom is 0.416 e. The molecule has 0 saturated carbocycles. The number of hydrogen-bond donors (Lipinski definition) is 2. The number of benzene rings is 2. The van der Waals surface area contributed by atoms with Crippen LogP contribution in [-0.2, 0) is 16.2 Å². The second-order valence-electron chi connectivity index (χ2n) is 7.35. The molecular formula is C22H22F6N2O4S2. The summed E-state index contributed by atoms with van der Waals surface area (Å²) in [5.74, 6) is -0.0596. The minimum Gasteiger partial charge on any atom is -0.493 e. The molecule has 6 nitrogen and oxygen atoms in total. The topological polar surface area (TPSA) is 84.5 Å². The van der Waals surface area contributed by atoms with Gasteiger partial charge in [-0.05, 0) is 55.1 Å². The summed E-state index contributed by atoms with van der Waals surface area (Å²) in [4.78, 5) is 12.2. The van der Waals surface area contributed by atoms with Gasteiger partial charge in [-0.2, -0.15) is 38.1 Å². The zero-order valence-corrected chi connectivity index (χ0v) is 20.4. The number of ether oxygens (including phenoxy) is 1. The van der Waals surface area contributed by atoms with Gasteiger partial charge in [-0.25, -0.2) is 8.42 Å². The number of anilines is 1. The second kappa shape index (κ2) is 11.9. The average Bonchev–Trinajstić information content (AvgIpc) is 2.77. The van der Waals surface area contributed by atoms with Gasteiger partial charge in [0.05, 0.1) is 28.3 Å². The molecule has 36 heavy (non-hydrogen) atoms. The number of carbonyl (C=O) groups is 1. The smallest absolute Gasteiger partial charge is 0.416 e. The predicted molar refractivity (Wildman–Crippen MR) is 124 cm³/mol. The molecule has 0 aliphatic rings. The second-order valence-corrected chi connectivity index (χ2v) is 10.0. The molecule has 0 bridgehead atoms. The van der Waals surface area contributed by atoms with E-state index in [4.69, 9.17) is 4.74 Å². The van der Waals surface area contributed by atoms with E-state index >= 15 is 0 Å². The van der Waals surface area contributed by atoms with Crippen LogP contribution in [0, 0.1) is 0 Å². The Kier molecular flexibility index (Phi) is 9.71. The molecule has 0 spiro atoms. The minimum absolute atomic E-state index is 0.321. The Morgan fingerprint density at radius 2 is 1.69 bits per heavy atom. The number of amides is 1. The summed E-state index contributed by atoms with van der Waals surface area (Å²) in [5, 5.41) is 2.06. The number of sulfonamides is 1. The fourth-order valence-electron chi connectivity index (χ4n) is 2.75. The van der Waals surface area contributed by atoms with Gasteiger partial charge in [0.15, 0.2) is 0 Å². The van der Waals surface area contributed by atoms with E-state index < -0.39 is 57.9 Å². The number of halogens is 6. The van der Waals surface area contributed by atoms with Crippen LogP contribution < -0.4 is 14.8 Å². The van der Waals surface area contributed by atoms with E-state index in [9.17, 15) is 39.6 Å². The standard InChI is InChI=1S/C22H22F6N2O4S2/c1-14(9-10-21(23,24)25)29-20(31)18-8-3-15(22(26,27)28)13-19(18)30-36(32,33)17-6-4-16(5-7-17)34-11-12-35-2/h3-8,13,30H,1,9-12H2,2H3,(H,29,31). The molecule has 0 fully saturated rings. The lowest BCUT2D eigenvalue weighted by Crippen LogP contribution is -2.25. The highest BCUT2D eigenvalue weighted by atomic mass is 32.2. The molecule has 2 aromatic carbocycles. The lowest BCUT2D eigenvalue weighted by atomic mass is 10.1. The van der Waals surface area contributed by atoms with Crippen molar-refractivity contribution in [1.82, 2.24) is 5.32 Å². The number of nitrogens with one attached hydrogen (secondary N) is 2. The zero-order valence-electron chi connectivity index (χ0n) is 18.8. The normalized spacial score (nSPS) is 12.2. The summed E-state index contributed by atoms with van der Waals surface area (Å²) >= 11 is 1.54. The Bertz CT molecular complexity index is 1180. The zero-order chi connectivity index (χ0) is 27.1. The van der Waals surface area contributed by atoms with E-state index in [2.05, 4.69) is 11.9 Å². The van der Waals surface area contributed by atoms with Crippen LogP contribution in [0.25, 0.3) is 0 Å². The van der Waals surface area contributed by atoms with Gasteiger partial charge in [0.25, 0.3) is 15.9 Å². The molecular weight excluding hydrogens is 534 g/mol. The maximum absolute atomic E-state index is 13.2. The first-order valence-electron chi connectivity index (χ1n) is 10.1. The monoisotopic (exact) mass is 556 g/mol. The number of thioether (sulfide) groups is 1. The van der Waals surface area contributed by atoms with Crippen LogP contribution in [0.15, 0.2) is 59.6 Å². The summed E-state index contributed by atoms with van der Waals surface area (Å²) in [6, 6.07) is 6.75. The lowest BCUT2D eigenvalue weighted by Gasteiger charge is -2.16. The van der Waals surface area contributed by atoms with E-state index in [1.165, 1.54) is 24.3 Å². The molecule has 0 aliphatic carbocycles. The average molecular weight is 557 g/mol. The first-order chi connectivity index (χ1) is 16.6. The molecule has 0 heterocycles. The lowest BCUT2D eigenvalue weighted by molar-refractivity contribution is -0.137. The van der Waals surface area contributed by atoms with Crippen molar-refractivity contribution in [2.24, 2.45) is 0 Å². The van der Waals surface area contributed by atoms with Gasteiger partial charge in [-0.1, -0.05) is 6.58 Å². The third-order valence-corrected chi connectivity index (χ3v) is 6.48. The largest absolute Gasteiger partial charge is 0.493 e. The Morgan fingerprint density at radius 3 is 2.25 bits per heavy atom. The molecule has 0 unspecified atom stereocenters. The highest BCUT2D eigenvalue weighted by molar-refractivity contribution is 7.98. The first-order valence-corrected chi connectivity index (χ1v) is 13.0. The SMILES string of the molecule is C=C(CCC(F)(F)F)NC(=O)c1ccc(C(F)(F)F)cc1NS(=O)(=O)c1ccc(OCCSC)cc1. The quantitative estimate of drug-likeness (QED) is 0.269. The Morgan fingerprint density at radius 1 is 1.06 bits per heavy atom. The summed E-state index contributed by atoms with van der Waals surface area (Å²) in [7, 11) is -4.46. The number of allylic oxidation sites excluding steroid dienone is 1. The summed E-state index contributed by atoms with van der Waals surface area (Å²) in [6.07, 6.45) is -9.44. The van der Waals surface area contributed by atoms with Crippen molar-refractivity contribution < 1.29 is 44.3 Å². The molecule has 0 saturated heterocycles. The molecule has 0 aromatic heterocycles. The van der Waals surface area contributed by atoms with Crippen LogP contribution in [-0.4, -0.2) is 39.1 Å². The van der Waals surface area contributed by atoms with Crippen molar-refractivity contribution in [3.63, 3.8) is 0 Å². The van der Waals surface area contributed by atoms with E-state index in [-0.39, 0.29) is 10.6 Å². The fraction of sp³-hybridized carbons (Fsp3) is 0.318. The molecule has 0 atom stereocenters. The predicted octanol–water partition coefficient (Wildman–Crippen LogP) is 5.83. The van der Waals surface area contributed by atoms with Crippen LogP contribution in [0.4, 0.5) is 32.0 Å². The van der Waals surface area contributed by atoms with Crippen LogP contribution >= 0.6 is 11.8 Å². The third kappa shape index (κ3) is 8.97. The molecule has 2 N–H and O–H groups in total. The number of hydrogen-bond acceptors (Lipinski definition) is 5. The van der Waals surface area contributed by atoms with Crippen molar-refractivity contribution in [3.8, 4) is 5.75 Å². The molecule has 2 rings (SSSR count). The Balaban J connectivity index is 2.31. The van der Waals surface area contributed by atoms with Crippen molar-refractivity contribution >= 4 is 33.4 Å². The van der Waals surface area contributed by atoms with Crippen molar-refractivity contribution in [2.45, 2.75) is 30.1 Å². The third-order valence-electron chi connectivity index (χ3n) is 4.53. The first kappa shape index (κ1) is 29.4. The van der Waals surface area contributed by atoms with Gasteiger partial charge in [0.1, 0.15) is 5.75 Å². The van der Waals surface area contributed by atoms with Crippen LogP contribution in [0.1, 0.15) is 28.8 Å². The number of alkyl halides is 6. The van der Waals surface area contributed by atoms with E-state index in [0.29, 0.717) is 30.2 Å². The van der Waals surface area contributed by atoms with Crippen LogP contribution in [0.3, 0.4) is 0 Å². The highest BCUT2D eigenvalue weighted by Gasteiger charge is 2.32. The molecule has 0 aliphatic heterocycles. The number of carbonyl (C=O) groups excluding carboxylic acids is 1. The Labute approximate surface area is 208 Å². The molecule has 14 heteroatoms. The molecule has 198 valence electrons. The maximum atomic E-state index is 13.2. The summed E-state index contributed by atoms with van der Waals surface area (Å²) in [6.45, 7) is 3.68. The fourth-order valence-corrected chi connectivity index (χ4v) is 4.07. The summed E-state index contributed by atoms with van der Waals surface area (Å²) in [5.41, 5.74) is -2.85. The summed E-state index contributed by atoms with van der Waals surface area (Å²) < 4.78 is 110. The van der Waals surface area contributed by atoms with Gasteiger partial charge in [0.2, 0.25) is 0 Å². The van der Waals surface area contributed by atoms with Crippen molar-refractivity contribution in [1.29, 1.82) is 0 Å². The van der Waals surface area contributed by atoms with Gasteiger partial charge in [0, 0.05) is 17.9 Å². The van der Waals surface area contributed by atoms with Gasteiger partial charge < -0.3 is 10.1 Å². The van der Waals surface area contributed by atoms with E-state index in [1.54, 1.807) is 11.8 Å². The highest BCUT2D eigenvalue weighted by Crippen LogP contribution is 2.33. The van der Waals surface area contributed by atoms with Crippen molar-refractivity contribution in [3.05, 3.63) is 65.9 Å². The van der Waals surface area contributed by atoms with Crippen LogP contribution in [0.5, 0.6) is 5.75 Å². The minimum atomic E-state index is -4.86. The van der Waals surface area contributed by atoms with Gasteiger partial charge in [-0.15, -0.1) is 0 Å². The van der Waals surface area contributed by atoms with Crippen LogP contribution in [0.2, 0.25) is 0 Å². The van der Waals surface area contributed by atoms with E-state index in [1.807, 2.05) is 11.0 Å². The van der Waals surface area contributed by atoms with Gasteiger partial charge in [-0.3, -0.25) is 9.52 Å². The number of rotatable bonds is 11. The van der Waals surface area contributed by atoms with Crippen molar-refractivity contribution in [2.75, 3.05) is 23.3 Å². The molecule has 2 aromatic rings. The Hall–Kier alpha value is -2.87.